The van der Waals surface area contributed by atoms with E-state index in [1.807, 2.05) is 0 Å². The number of aliphatic carboxylic acids is 1. The first-order valence-corrected chi connectivity index (χ1v) is 6.36. The summed E-state index contributed by atoms with van der Waals surface area (Å²) in [5.74, 6) is -0.797. The Balaban J connectivity index is 2.78. The minimum atomic E-state index is -1.09. The number of carboxylic acid groups (broad SMARTS) is 1. The topological polar surface area (TPSA) is 87.7 Å². The highest BCUT2D eigenvalue weighted by atomic mass is 35.5. The van der Waals surface area contributed by atoms with Crippen molar-refractivity contribution in [1.29, 1.82) is 0 Å². The van der Waals surface area contributed by atoms with E-state index >= 15 is 0 Å². The van der Waals surface area contributed by atoms with Gasteiger partial charge < -0.3 is 20.5 Å². The highest BCUT2D eigenvalue weighted by Gasteiger charge is 2.23. The minimum absolute atomic E-state index is 0.237. The van der Waals surface area contributed by atoms with Gasteiger partial charge in [-0.3, -0.25) is 0 Å². The van der Waals surface area contributed by atoms with Crippen LogP contribution in [-0.2, 0) is 4.79 Å². The predicted molar refractivity (Wildman–Crippen MR) is 76.4 cm³/mol. The smallest absolute Gasteiger partial charge is 0.326 e. The van der Waals surface area contributed by atoms with E-state index in [0.717, 1.165) is 0 Å². The van der Waals surface area contributed by atoms with Gasteiger partial charge in [-0.1, -0.05) is 25.4 Å². The number of benzene rings is 1. The van der Waals surface area contributed by atoms with Crippen molar-refractivity contribution in [2.45, 2.75) is 19.9 Å². The van der Waals surface area contributed by atoms with Gasteiger partial charge in [0.1, 0.15) is 11.8 Å². The molecule has 3 N–H and O–H groups in total. The summed E-state index contributed by atoms with van der Waals surface area (Å²) in [6, 6.07) is 3.17. The maximum atomic E-state index is 11.8. The van der Waals surface area contributed by atoms with Crippen LogP contribution in [0.4, 0.5) is 10.5 Å². The van der Waals surface area contributed by atoms with Crippen LogP contribution in [0.3, 0.4) is 0 Å². The summed E-state index contributed by atoms with van der Waals surface area (Å²) in [7, 11) is 1.49. The van der Waals surface area contributed by atoms with Crippen molar-refractivity contribution in [1.82, 2.24) is 5.32 Å². The molecular formula is C13H17ClN2O4. The number of amides is 2. The summed E-state index contributed by atoms with van der Waals surface area (Å²) in [6.07, 6.45) is 0. The quantitative estimate of drug-likeness (QED) is 0.780. The molecule has 0 saturated carbocycles. The van der Waals surface area contributed by atoms with Gasteiger partial charge in [0.2, 0.25) is 0 Å². The second-order valence-corrected chi connectivity index (χ2v) is 4.91. The molecule has 0 spiro atoms. The number of methoxy groups -OCH3 is 1. The van der Waals surface area contributed by atoms with E-state index in [2.05, 4.69) is 10.6 Å². The number of ether oxygens (including phenoxy) is 1. The Bertz CT molecular complexity index is 505. The van der Waals surface area contributed by atoms with Crippen molar-refractivity contribution >= 4 is 29.3 Å². The molecule has 1 atom stereocenters. The standard InChI is InChI=1S/C13H17ClN2O4/c1-7(2)11(12(17)18)16-13(19)15-10-6-8(20-3)4-5-9(10)14/h4-7,11H,1-3H3,(H,17,18)(H2,15,16,19). The molecule has 2 amide bonds. The highest BCUT2D eigenvalue weighted by molar-refractivity contribution is 6.33. The Labute approximate surface area is 122 Å². The van der Waals surface area contributed by atoms with Gasteiger partial charge in [-0.15, -0.1) is 0 Å². The average molecular weight is 301 g/mol. The summed E-state index contributed by atoms with van der Waals surface area (Å²) < 4.78 is 5.02. The third-order valence-corrected chi connectivity index (χ3v) is 2.97. The minimum Gasteiger partial charge on any atom is -0.497 e. The molecule has 0 aliphatic carbocycles. The molecule has 0 radical (unpaired) electrons. The normalized spacial score (nSPS) is 11.8. The number of anilines is 1. The summed E-state index contributed by atoms with van der Waals surface area (Å²) in [6.45, 7) is 3.41. The maximum Gasteiger partial charge on any atom is 0.326 e. The lowest BCUT2D eigenvalue weighted by Crippen LogP contribution is -2.46. The van der Waals surface area contributed by atoms with Crippen LogP contribution >= 0.6 is 11.6 Å². The summed E-state index contributed by atoms with van der Waals surface area (Å²) in [5.41, 5.74) is 0.344. The molecule has 20 heavy (non-hydrogen) atoms. The molecular weight excluding hydrogens is 284 g/mol. The van der Waals surface area contributed by atoms with Crippen molar-refractivity contribution in [2.24, 2.45) is 5.92 Å². The van der Waals surface area contributed by atoms with Crippen LogP contribution in [0, 0.1) is 5.92 Å². The summed E-state index contributed by atoms with van der Waals surface area (Å²) in [4.78, 5) is 22.8. The number of hydrogen-bond acceptors (Lipinski definition) is 3. The van der Waals surface area contributed by atoms with Gasteiger partial charge >= 0.3 is 12.0 Å². The molecule has 0 saturated heterocycles. The molecule has 1 aromatic rings. The maximum absolute atomic E-state index is 11.8. The van der Waals surface area contributed by atoms with Crippen LogP contribution in [0.5, 0.6) is 5.75 Å². The van der Waals surface area contributed by atoms with Crippen LogP contribution < -0.4 is 15.4 Å². The Morgan fingerprint density at radius 1 is 1.35 bits per heavy atom. The Kier molecular flexibility index (Phi) is 5.64. The van der Waals surface area contributed by atoms with Crippen molar-refractivity contribution in [3.63, 3.8) is 0 Å². The Hall–Kier alpha value is -1.95. The lowest BCUT2D eigenvalue weighted by atomic mass is 10.1. The average Bonchev–Trinajstić information content (AvgIpc) is 2.37. The summed E-state index contributed by atoms with van der Waals surface area (Å²) in [5, 5.41) is 14.2. The molecule has 1 unspecified atom stereocenters. The van der Waals surface area contributed by atoms with Crippen LogP contribution in [0.15, 0.2) is 18.2 Å². The second kappa shape index (κ2) is 7.00. The number of carbonyl (C=O) groups excluding carboxylic acids is 1. The molecule has 0 fully saturated rings. The van der Waals surface area contributed by atoms with Crippen LogP contribution in [-0.4, -0.2) is 30.3 Å². The molecule has 0 bridgehead atoms. The zero-order valence-corrected chi connectivity index (χ0v) is 12.2. The largest absolute Gasteiger partial charge is 0.497 e. The first-order chi connectivity index (χ1) is 9.35. The number of hydrogen-bond donors (Lipinski definition) is 3. The van der Waals surface area contributed by atoms with E-state index < -0.39 is 18.0 Å². The predicted octanol–water partition coefficient (Wildman–Crippen LogP) is 2.58. The molecule has 7 heteroatoms. The number of urea groups is 1. The van der Waals surface area contributed by atoms with Gasteiger partial charge in [-0.25, -0.2) is 9.59 Å². The lowest BCUT2D eigenvalue weighted by molar-refractivity contribution is -0.140. The molecule has 1 rings (SSSR count). The number of carboxylic acids is 1. The van der Waals surface area contributed by atoms with E-state index in [4.69, 9.17) is 21.4 Å². The van der Waals surface area contributed by atoms with Gasteiger partial charge in [0.05, 0.1) is 17.8 Å². The van der Waals surface area contributed by atoms with Crippen molar-refractivity contribution < 1.29 is 19.4 Å². The monoisotopic (exact) mass is 300 g/mol. The van der Waals surface area contributed by atoms with E-state index in [0.29, 0.717) is 16.5 Å². The molecule has 0 aromatic heterocycles. The first-order valence-electron chi connectivity index (χ1n) is 5.99. The summed E-state index contributed by atoms with van der Waals surface area (Å²) >= 11 is 5.94. The van der Waals surface area contributed by atoms with Crippen LogP contribution in [0.25, 0.3) is 0 Å². The van der Waals surface area contributed by atoms with Gasteiger partial charge in [0.25, 0.3) is 0 Å². The number of nitrogens with one attached hydrogen (secondary N) is 2. The van der Waals surface area contributed by atoms with Gasteiger partial charge in [0, 0.05) is 6.07 Å². The van der Waals surface area contributed by atoms with Crippen molar-refractivity contribution in [2.75, 3.05) is 12.4 Å². The lowest BCUT2D eigenvalue weighted by Gasteiger charge is -2.18. The molecule has 110 valence electrons. The molecule has 6 nitrogen and oxygen atoms in total. The van der Waals surface area contributed by atoms with Crippen molar-refractivity contribution in [3.05, 3.63) is 23.2 Å². The van der Waals surface area contributed by atoms with E-state index in [1.54, 1.807) is 32.0 Å². The molecule has 1 aromatic carbocycles. The zero-order valence-electron chi connectivity index (χ0n) is 11.4. The van der Waals surface area contributed by atoms with Crippen LogP contribution in [0.1, 0.15) is 13.8 Å². The SMILES string of the molecule is COc1ccc(Cl)c(NC(=O)NC(C(=O)O)C(C)C)c1. The van der Waals surface area contributed by atoms with Gasteiger partial charge in [-0.05, 0) is 18.1 Å². The fourth-order valence-electron chi connectivity index (χ4n) is 1.54. The van der Waals surface area contributed by atoms with E-state index in [1.165, 1.54) is 7.11 Å². The number of rotatable bonds is 5. The molecule has 0 aliphatic rings. The van der Waals surface area contributed by atoms with E-state index in [9.17, 15) is 9.59 Å². The molecule has 0 heterocycles. The third kappa shape index (κ3) is 4.31. The van der Waals surface area contributed by atoms with E-state index in [-0.39, 0.29) is 5.92 Å². The van der Waals surface area contributed by atoms with Gasteiger partial charge in [0.15, 0.2) is 0 Å². The van der Waals surface area contributed by atoms with Gasteiger partial charge in [-0.2, -0.15) is 0 Å². The zero-order chi connectivity index (χ0) is 15.3. The fraction of sp³-hybridized carbons (Fsp3) is 0.385. The fourth-order valence-corrected chi connectivity index (χ4v) is 1.71. The second-order valence-electron chi connectivity index (χ2n) is 4.50. The molecule has 0 aliphatic heterocycles. The number of carbonyl (C=O) groups is 2. The Morgan fingerprint density at radius 3 is 2.50 bits per heavy atom. The number of halogens is 1. The highest BCUT2D eigenvalue weighted by Crippen LogP contribution is 2.26. The van der Waals surface area contributed by atoms with Crippen molar-refractivity contribution in [3.8, 4) is 5.75 Å². The Morgan fingerprint density at radius 2 is 2.00 bits per heavy atom. The first kappa shape index (κ1) is 16.1. The van der Waals surface area contributed by atoms with Crippen LogP contribution in [0.2, 0.25) is 5.02 Å². The third-order valence-electron chi connectivity index (χ3n) is 2.64.